The Morgan fingerprint density at radius 1 is 0.614 bits per heavy atom. The van der Waals surface area contributed by atoms with E-state index in [1.165, 1.54) is 25.7 Å². The zero-order chi connectivity index (χ0) is 32.3. The molecule has 2 saturated heterocycles. The predicted octanol–water partition coefficient (Wildman–Crippen LogP) is 4.24. The summed E-state index contributed by atoms with van der Waals surface area (Å²) in [5.74, 6) is -0.363. The van der Waals surface area contributed by atoms with Crippen LogP contribution in [0.4, 0.5) is 0 Å². The SMILES string of the molecule is CCCCC(CC)COCC(O)C[N+]1(NC(=O)C(=O)N[N+]2(CC(O)COCC(CC)CCCC)CCCCC2)CCCCC1. The molecule has 2 amide bonds. The maximum Gasteiger partial charge on any atom is 0.358 e. The van der Waals surface area contributed by atoms with E-state index in [2.05, 4.69) is 38.5 Å². The van der Waals surface area contributed by atoms with Crippen molar-refractivity contribution in [1.29, 1.82) is 0 Å². The summed E-state index contributed by atoms with van der Waals surface area (Å²) in [4.78, 5) is 26.7. The van der Waals surface area contributed by atoms with Gasteiger partial charge in [0.15, 0.2) is 0 Å². The highest BCUT2D eigenvalue weighted by Gasteiger charge is 2.41. The van der Waals surface area contributed by atoms with Crippen LogP contribution in [0, 0.1) is 11.8 Å². The molecule has 2 aliphatic rings. The molecule has 0 bridgehead atoms. The lowest BCUT2D eigenvalue weighted by molar-refractivity contribution is -0.970. The van der Waals surface area contributed by atoms with Crippen LogP contribution in [0.5, 0.6) is 0 Å². The number of ether oxygens (including phenoxy) is 2. The van der Waals surface area contributed by atoms with Crippen LogP contribution in [0.3, 0.4) is 0 Å². The quantitative estimate of drug-likeness (QED) is 0.105. The van der Waals surface area contributed by atoms with Gasteiger partial charge in [-0.15, -0.1) is 0 Å². The number of nitrogens with one attached hydrogen (secondary N) is 2. The van der Waals surface area contributed by atoms with Gasteiger partial charge in [-0.1, -0.05) is 66.2 Å². The molecule has 0 saturated carbocycles. The van der Waals surface area contributed by atoms with E-state index in [-0.39, 0.29) is 22.4 Å². The monoisotopic (exact) mass is 629 g/mol. The van der Waals surface area contributed by atoms with Gasteiger partial charge in [-0.25, -0.2) is 9.18 Å². The Labute approximate surface area is 268 Å². The Hall–Kier alpha value is -1.30. The fourth-order valence-corrected chi connectivity index (χ4v) is 6.90. The third kappa shape index (κ3) is 14.4. The molecule has 0 aromatic carbocycles. The molecule has 2 aliphatic heterocycles. The van der Waals surface area contributed by atoms with Crippen molar-refractivity contribution in [3.05, 3.63) is 0 Å². The number of hydrogen-bond acceptors (Lipinski definition) is 6. The van der Waals surface area contributed by atoms with E-state index in [4.69, 9.17) is 9.47 Å². The molecule has 4 unspecified atom stereocenters. The lowest BCUT2D eigenvalue weighted by atomic mass is 10.0. The largest absolute Gasteiger partial charge is 0.385 e. The number of nitrogens with zero attached hydrogens (tertiary/aromatic N) is 2. The summed E-state index contributed by atoms with van der Waals surface area (Å²) < 4.78 is 12.2. The van der Waals surface area contributed by atoms with Crippen LogP contribution in [0.2, 0.25) is 0 Å². The Morgan fingerprint density at radius 2 is 0.977 bits per heavy atom. The number of carbonyl (C=O) groups excluding carboxylic acids is 2. The van der Waals surface area contributed by atoms with Crippen LogP contribution < -0.4 is 10.9 Å². The van der Waals surface area contributed by atoms with Crippen molar-refractivity contribution in [3.63, 3.8) is 0 Å². The van der Waals surface area contributed by atoms with Crippen molar-refractivity contribution in [1.82, 2.24) is 10.9 Å². The van der Waals surface area contributed by atoms with E-state index < -0.39 is 24.0 Å². The van der Waals surface area contributed by atoms with Crippen LogP contribution in [-0.2, 0) is 19.1 Å². The highest BCUT2D eigenvalue weighted by molar-refractivity contribution is 6.34. The third-order valence-corrected chi connectivity index (χ3v) is 9.76. The van der Waals surface area contributed by atoms with Crippen molar-refractivity contribution in [3.8, 4) is 0 Å². The number of aliphatic hydroxyl groups is 2. The molecule has 2 rings (SSSR count). The van der Waals surface area contributed by atoms with E-state index in [1.807, 2.05) is 0 Å². The number of rotatable bonds is 22. The van der Waals surface area contributed by atoms with Gasteiger partial charge in [0.1, 0.15) is 51.5 Å². The molecule has 0 spiro atoms. The van der Waals surface area contributed by atoms with Gasteiger partial charge in [0.25, 0.3) is 0 Å². The second-order valence-corrected chi connectivity index (χ2v) is 13.8. The van der Waals surface area contributed by atoms with Gasteiger partial charge in [-0.3, -0.25) is 9.59 Å². The summed E-state index contributed by atoms with van der Waals surface area (Å²) in [5.41, 5.74) is 6.01. The molecule has 0 aromatic heterocycles. The average molecular weight is 629 g/mol. The lowest BCUT2D eigenvalue weighted by Gasteiger charge is -2.43. The molecule has 0 aromatic rings. The summed E-state index contributed by atoms with van der Waals surface area (Å²) in [7, 11) is 0. The molecule has 4 N–H and O–H groups in total. The summed E-state index contributed by atoms with van der Waals surface area (Å²) in [5, 5.41) is 21.8. The highest BCUT2D eigenvalue weighted by Crippen LogP contribution is 2.20. The van der Waals surface area contributed by atoms with Crippen molar-refractivity contribution in [2.24, 2.45) is 11.8 Å². The van der Waals surface area contributed by atoms with E-state index in [0.717, 1.165) is 64.2 Å². The fourth-order valence-electron chi connectivity index (χ4n) is 6.90. The molecule has 10 nitrogen and oxygen atoms in total. The number of aliphatic hydroxyl groups excluding tert-OH is 2. The number of unbranched alkanes of at least 4 members (excludes halogenated alkanes) is 2. The Balaban J connectivity index is 1.94. The number of hydrogen-bond donors (Lipinski definition) is 4. The fraction of sp³-hybridized carbons (Fsp3) is 0.941. The third-order valence-electron chi connectivity index (χ3n) is 9.76. The Kier molecular flexibility index (Phi) is 19.0. The molecule has 2 heterocycles. The highest BCUT2D eigenvalue weighted by atomic mass is 16.5. The molecule has 4 atom stereocenters. The normalized spacial score (nSPS) is 20.8. The average Bonchev–Trinajstić information content (AvgIpc) is 3.01. The van der Waals surface area contributed by atoms with Crippen LogP contribution in [0.1, 0.15) is 118 Å². The first-order chi connectivity index (χ1) is 21.2. The molecule has 258 valence electrons. The van der Waals surface area contributed by atoms with Gasteiger partial charge >= 0.3 is 11.8 Å². The minimum Gasteiger partial charge on any atom is -0.385 e. The van der Waals surface area contributed by atoms with Crippen molar-refractivity contribution in [2.45, 2.75) is 130 Å². The second-order valence-electron chi connectivity index (χ2n) is 13.8. The number of quaternary nitrogens is 2. The first-order valence-electron chi connectivity index (χ1n) is 18.1. The number of carbonyl (C=O) groups is 2. The molecule has 10 heteroatoms. The number of piperidine rings is 2. The summed E-state index contributed by atoms with van der Waals surface area (Å²) >= 11 is 0. The van der Waals surface area contributed by atoms with E-state index in [9.17, 15) is 19.8 Å². The Morgan fingerprint density at radius 3 is 1.30 bits per heavy atom. The van der Waals surface area contributed by atoms with Crippen LogP contribution in [-0.4, -0.2) is 109 Å². The number of likely N-dealkylation sites (tertiary alicyclic amines) is 2. The zero-order valence-corrected chi connectivity index (χ0v) is 28.7. The minimum atomic E-state index is -0.731. The molecule has 2 fully saturated rings. The van der Waals surface area contributed by atoms with Gasteiger partial charge in [0.05, 0.1) is 13.2 Å². The standard InChI is InChI=1S/C34H66N4O6/c1-5-9-17-29(7-3)25-43-27-31(39)23-37(19-13-11-14-20-37)35-33(41)34(42)36-38(21-15-12-16-22-38)24-32(40)28-44-26-30(8-4)18-10-6-2/h29-32,39-40H,5-28H2,1-4H3/p+2. The zero-order valence-electron chi connectivity index (χ0n) is 28.7. The number of amides is 2. The van der Waals surface area contributed by atoms with Crippen LogP contribution in [0.25, 0.3) is 0 Å². The van der Waals surface area contributed by atoms with E-state index >= 15 is 0 Å². The predicted molar refractivity (Wildman–Crippen MR) is 174 cm³/mol. The van der Waals surface area contributed by atoms with E-state index in [1.54, 1.807) is 0 Å². The van der Waals surface area contributed by atoms with Gasteiger partial charge < -0.3 is 19.7 Å². The molecular weight excluding hydrogens is 560 g/mol. The molecule has 0 radical (unpaired) electrons. The summed E-state index contributed by atoms with van der Waals surface area (Å²) in [6.07, 6.45) is 13.5. The lowest BCUT2D eigenvalue weighted by Crippen LogP contribution is -2.70. The first kappa shape index (κ1) is 38.9. The smallest absolute Gasteiger partial charge is 0.358 e. The first-order valence-corrected chi connectivity index (χ1v) is 18.1. The van der Waals surface area contributed by atoms with Crippen molar-refractivity contribution >= 4 is 11.8 Å². The molecule has 0 aliphatic carbocycles. The van der Waals surface area contributed by atoms with Crippen molar-refractivity contribution < 1.29 is 38.5 Å². The topological polar surface area (TPSA) is 117 Å². The van der Waals surface area contributed by atoms with Gasteiger partial charge in [0, 0.05) is 13.2 Å². The van der Waals surface area contributed by atoms with Crippen molar-refractivity contribution in [2.75, 3.05) is 65.7 Å². The van der Waals surface area contributed by atoms with E-state index in [0.29, 0.717) is 64.3 Å². The molecular formula is C34H68N4O6+2. The van der Waals surface area contributed by atoms with Crippen LogP contribution in [0.15, 0.2) is 0 Å². The van der Waals surface area contributed by atoms with Gasteiger partial charge in [-0.05, 0) is 63.2 Å². The Bertz CT molecular complexity index is 724. The molecule has 44 heavy (non-hydrogen) atoms. The summed E-state index contributed by atoms with van der Waals surface area (Å²) in [6, 6.07) is 0. The summed E-state index contributed by atoms with van der Waals surface area (Å²) in [6.45, 7) is 13.8. The van der Waals surface area contributed by atoms with Gasteiger partial charge in [0.2, 0.25) is 0 Å². The minimum absolute atomic E-state index is 0.191. The maximum atomic E-state index is 13.4. The maximum absolute atomic E-state index is 13.4. The van der Waals surface area contributed by atoms with Gasteiger partial charge in [-0.2, -0.15) is 10.9 Å². The van der Waals surface area contributed by atoms with Crippen LogP contribution >= 0.6 is 0 Å². The second kappa shape index (κ2) is 21.5.